The molecule has 1 atom stereocenters. The van der Waals surface area contributed by atoms with E-state index < -0.39 is 18.0 Å². The molecule has 7 nitrogen and oxygen atoms in total. The van der Waals surface area contributed by atoms with E-state index >= 15 is 0 Å². The quantitative estimate of drug-likeness (QED) is 0.573. The lowest BCUT2D eigenvalue weighted by atomic mass is 10.1. The fraction of sp³-hybridized carbons (Fsp3) is 0.652. The van der Waals surface area contributed by atoms with Crippen LogP contribution in [0.25, 0.3) is 10.9 Å². The fourth-order valence-electron chi connectivity index (χ4n) is 4.42. The lowest BCUT2D eigenvalue weighted by Gasteiger charge is -2.30. The maximum atomic E-state index is 13.8. The summed E-state index contributed by atoms with van der Waals surface area (Å²) in [7, 11) is 1.53. The van der Waals surface area contributed by atoms with E-state index in [1.165, 1.54) is 17.7 Å². The van der Waals surface area contributed by atoms with Crippen LogP contribution in [0.3, 0.4) is 0 Å². The number of carbonyl (C=O) groups is 1. The van der Waals surface area contributed by atoms with Crippen LogP contribution in [0.2, 0.25) is 0 Å². The molecular weight excluding hydrogens is 437 g/mol. The Morgan fingerprint density at radius 2 is 2.15 bits per heavy atom. The first-order valence-corrected chi connectivity index (χ1v) is 11.5. The molecule has 1 aliphatic heterocycles. The molecule has 4 rings (SSSR count). The fourth-order valence-corrected chi connectivity index (χ4v) is 4.42. The van der Waals surface area contributed by atoms with Crippen molar-refractivity contribution in [2.45, 2.75) is 64.0 Å². The van der Waals surface area contributed by atoms with E-state index in [-0.39, 0.29) is 25.0 Å². The average Bonchev–Trinajstić information content (AvgIpc) is 3.57. The first-order chi connectivity index (χ1) is 15.8. The number of carbonyl (C=O) groups excluding carboxylic acids is 1. The Kier molecular flexibility index (Phi) is 7.25. The molecule has 1 amide bonds. The minimum Gasteiger partial charge on any atom is -0.385 e. The predicted octanol–water partition coefficient (Wildman–Crippen LogP) is 3.13. The molecule has 1 saturated heterocycles. The second-order valence-corrected chi connectivity index (χ2v) is 8.63. The standard InChI is InChI=1S/C23H31F3N4O3/c1-3-18-17-12-21(23(24,25)26)29(8-4-9-32-2)19(17)11-15(28-18)14-30(16-5-6-16)22(31)20-13-27-7-10-33-20/h11-12,16,20,27H,3-10,13-14H2,1-2H3/t20-/m1/s1. The highest BCUT2D eigenvalue weighted by atomic mass is 19.4. The van der Waals surface area contributed by atoms with Crippen molar-refractivity contribution in [3.63, 3.8) is 0 Å². The van der Waals surface area contributed by atoms with Crippen molar-refractivity contribution in [2.75, 3.05) is 33.4 Å². The summed E-state index contributed by atoms with van der Waals surface area (Å²) in [6, 6.07) is 3.03. The SMILES string of the molecule is CCc1nc(CN(C(=O)[C@H]2CNCCO2)C2CC2)cc2c1cc(C(F)(F)F)n2CCCOC. The van der Waals surface area contributed by atoms with Crippen molar-refractivity contribution < 1.29 is 27.4 Å². The summed E-state index contributed by atoms with van der Waals surface area (Å²) in [6.45, 7) is 4.36. The molecule has 182 valence electrons. The Labute approximate surface area is 191 Å². The van der Waals surface area contributed by atoms with E-state index in [4.69, 9.17) is 9.47 Å². The zero-order valence-corrected chi connectivity index (χ0v) is 19.1. The minimum absolute atomic E-state index is 0.0869. The molecule has 33 heavy (non-hydrogen) atoms. The van der Waals surface area contributed by atoms with E-state index in [1.807, 2.05) is 6.92 Å². The Morgan fingerprint density at radius 3 is 2.76 bits per heavy atom. The number of halogens is 3. The summed E-state index contributed by atoms with van der Waals surface area (Å²) in [5, 5.41) is 3.69. The molecule has 3 heterocycles. The second-order valence-electron chi connectivity index (χ2n) is 8.63. The van der Waals surface area contributed by atoms with Gasteiger partial charge in [0, 0.05) is 50.5 Å². The van der Waals surface area contributed by atoms with Crippen LogP contribution < -0.4 is 5.32 Å². The van der Waals surface area contributed by atoms with Gasteiger partial charge in [-0.2, -0.15) is 13.2 Å². The van der Waals surface area contributed by atoms with E-state index in [2.05, 4.69) is 10.3 Å². The van der Waals surface area contributed by atoms with Crippen molar-refractivity contribution in [3.8, 4) is 0 Å². The van der Waals surface area contributed by atoms with Gasteiger partial charge in [0.05, 0.1) is 24.4 Å². The van der Waals surface area contributed by atoms with Gasteiger partial charge in [-0.1, -0.05) is 6.92 Å². The van der Waals surface area contributed by atoms with Crippen LogP contribution in [0, 0.1) is 0 Å². The molecule has 0 bridgehead atoms. The summed E-state index contributed by atoms with van der Waals surface area (Å²) in [5.41, 5.74) is 1.03. The largest absolute Gasteiger partial charge is 0.431 e. The number of rotatable bonds is 9. The number of nitrogens with zero attached hydrogens (tertiary/aromatic N) is 3. The summed E-state index contributed by atoms with van der Waals surface area (Å²) < 4.78 is 53.5. The van der Waals surface area contributed by atoms with Gasteiger partial charge < -0.3 is 24.3 Å². The maximum absolute atomic E-state index is 13.8. The smallest absolute Gasteiger partial charge is 0.385 e. The topological polar surface area (TPSA) is 68.6 Å². The van der Waals surface area contributed by atoms with Crippen molar-refractivity contribution >= 4 is 16.8 Å². The summed E-state index contributed by atoms with van der Waals surface area (Å²) >= 11 is 0. The third-order valence-corrected chi connectivity index (χ3v) is 6.19. The number of hydrogen-bond acceptors (Lipinski definition) is 5. The Bertz CT molecular complexity index is 981. The van der Waals surface area contributed by atoms with Crippen molar-refractivity contribution in [1.82, 2.24) is 19.8 Å². The number of hydrogen-bond donors (Lipinski definition) is 1. The number of morpholine rings is 1. The van der Waals surface area contributed by atoms with E-state index in [1.54, 1.807) is 11.0 Å². The average molecular weight is 469 g/mol. The molecule has 10 heteroatoms. The molecule has 2 fully saturated rings. The molecule has 0 spiro atoms. The summed E-state index contributed by atoms with van der Waals surface area (Å²) in [4.78, 5) is 19.6. The van der Waals surface area contributed by atoms with Gasteiger partial charge in [0.2, 0.25) is 0 Å². The number of aryl methyl sites for hydroxylation is 2. The molecule has 2 aliphatic rings. The summed E-state index contributed by atoms with van der Waals surface area (Å²) in [6.07, 6.45) is -2.22. The van der Waals surface area contributed by atoms with Gasteiger partial charge in [-0.15, -0.1) is 0 Å². The normalized spacial score (nSPS) is 19.2. The number of nitrogens with one attached hydrogen (secondary N) is 1. The molecular formula is C23H31F3N4O3. The van der Waals surface area contributed by atoms with Gasteiger partial charge in [-0.05, 0) is 37.8 Å². The number of alkyl halides is 3. The van der Waals surface area contributed by atoms with Gasteiger partial charge in [-0.3, -0.25) is 9.78 Å². The van der Waals surface area contributed by atoms with Crippen LogP contribution in [0.15, 0.2) is 12.1 Å². The number of pyridine rings is 1. The van der Waals surface area contributed by atoms with Gasteiger partial charge in [-0.25, -0.2) is 0 Å². The lowest BCUT2D eigenvalue weighted by molar-refractivity contribution is -0.146. The van der Waals surface area contributed by atoms with E-state index in [0.717, 1.165) is 12.8 Å². The number of ether oxygens (including phenoxy) is 2. The zero-order valence-electron chi connectivity index (χ0n) is 19.1. The highest BCUT2D eigenvalue weighted by Gasteiger charge is 2.38. The Hall–Kier alpha value is -2.17. The van der Waals surface area contributed by atoms with Crippen LogP contribution in [-0.4, -0.2) is 65.9 Å². The first kappa shape index (κ1) is 24.0. The molecule has 1 aliphatic carbocycles. The van der Waals surface area contributed by atoms with E-state index in [0.29, 0.717) is 61.4 Å². The van der Waals surface area contributed by atoms with E-state index in [9.17, 15) is 18.0 Å². The van der Waals surface area contributed by atoms with Crippen LogP contribution in [0.5, 0.6) is 0 Å². The monoisotopic (exact) mass is 468 g/mol. The highest BCUT2D eigenvalue weighted by molar-refractivity contribution is 5.85. The van der Waals surface area contributed by atoms with Crippen LogP contribution in [0.4, 0.5) is 13.2 Å². The van der Waals surface area contributed by atoms with Gasteiger partial charge in [0.15, 0.2) is 0 Å². The molecule has 2 aromatic heterocycles. The molecule has 0 aromatic carbocycles. The van der Waals surface area contributed by atoms with Crippen molar-refractivity contribution in [2.24, 2.45) is 0 Å². The second kappa shape index (κ2) is 9.99. The molecule has 1 saturated carbocycles. The first-order valence-electron chi connectivity index (χ1n) is 11.5. The number of amides is 1. The summed E-state index contributed by atoms with van der Waals surface area (Å²) in [5.74, 6) is -0.0869. The Morgan fingerprint density at radius 1 is 1.36 bits per heavy atom. The highest BCUT2D eigenvalue weighted by Crippen LogP contribution is 2.36. The van der Waals surface area contributed by atoms with Gasteiger partial charge in [0.25, 0.3) is 5.91 Å². The third kappa shape index (κ3) is 5.33. The molecule has 0 unspecified atom stereocenters. The van der Waals surface area contributed by atoms with Crippen LogP contribution >= 0.6 is 0 Å². The molecule has 2 aromatic rings. The lowest BCUT2D eigenvalue weighted by Crippen LogP contribution is -2.49. The van der Waals surface area contributed by atoms with Gasteiger partial charge in [0.1, 0.15) is 11.8 Å². The molecule has 1 N–H and O–H groups in total. The predicted molar refractivity (Wildman–Crippen MR) is 117 cm³/mol. The zero-order chi connectivity index (χ0) is 23.6. The van der Waals surface area contributed by atoms with Gasteiger partial charge >= 0.3 is 6.18 Å². The van der Waals surface area contributed by atoms with Crippen LogP contribution in [0.1, 0.15) is 43.3 Å². The molecule has 0 radical (unpaired) electrons. The number of aromatic nitrogens is 2. The third-order valence-electron chi connectivity index (χ3n) is 6.19. The van der Waals surface area contributed by atoms with Crippen molar-refractivity contribution in [3.05, 3.63) is 29.2 Å². The van der Waals surface area contributed by atoms with Crippen molar-refractivity contribution in [1.29, 1.82) is 0 Å². The number of fused-ring (bicyclic) bond motifs is 1. The maximum Gasteiger partial charge on any atom is 0.431 e. The number of methoxy groups -OCH3 is 1. The Balaban J connectivity index is 1.69. The minimum atomic E-state index is -4.47. The van der Waals surface area contributed by atoms with Crippen LogP contribution in [-0.2, 0) is 40.0 Å².